The van der Waals surface area contributed by atoms with Gasteiger partial charge in [0.1, 0.15) is 6.29 Å². The summed E-state index contributed by atoms with van der Waals surface area (Å²) < 4.78 is 0. The zero-order valence-corrected chi connectivity index (χ0v) is 9.15. The molecule has 1 aliphatic rings. The Bertz CT molecular complexity index is 227. The molecule has 1 rings (SSSR count). The molecule has 0 aromatic heterocycles. The summed E-state index contributed by atoms with van der Waals surface area (Å²) in [5.74, 6) is 1.32. The van der Waals surface area contributed by atoms with Crippen LogP contribution < -0.4 is 0 Å². The fraction of sp³-hybridized carbons (Fsp3) is 0.615. The third kappa shape index (κ3) is 2.83. The highest BCUT2D eigenvalue weighted by Crippen LogP contribution is 2.31. The van der Waals surface area contributed by atoms with E-state index in [4.69, 9.17) is 0 Å². The van der Waals surface area contributed by atoms with E-state index in [2.05, 4.69) is 31.2 Å². The summed E-state index contributed by atoms with van der Waals surface area (Å²) in [4.78, 5) is 10.9. The van der Waals surface area contributed by atoms with Gasteiger partial charge in [-0.15, -0.1) is 0 Å². The number of hydrogen-bond donors (Lipinski definition) is 0. The van der Waals surface area contributed by atoms with E-state index < -0.39 is 0 Å². The van der Waals surface area contributed by atoms with Crippen LogP contribution in [-0.2, 0) is 4.79 Å². The first-order valence-corrected chi connectivity index (χ1v) is 5.52. The molecular formula is C13H20O. The number of hydrogen-bond acceptors (Lipinski definition) is 1. The Morgan fingerprint density at radius 2 is 2.36 bits per heavy atom. The van der Waals surface area contributed by atoms with E-state index in [1.165, 1.54) is 6.42 Å². The second-order valence-electron chi connectivity index (χ2n) is 4.16. The quantitative estimate of drug-likeness (QED) is 0.493. The normalized spacial score (nSPS) is 29.3. The molecule has 1 heteroatoms. The molecule has 0 amide bonds. The highest BCUT2D eigenvalue weighted by molar-refractivity contribution is 5.57. The Labute approximate surface area is 86.9 Å². The van der Waals surface area contributed by atoms with E-state index in [9.17, 15) is 4.79 Å². The Morgan fingerprint density at radius 3 is 3.00 bits per heavy atom. The highest BCUT2D eigenvalue weighted by Gasteiger charge is 2.25. The first-order valence-electron chi connectivity index (χ1n) is 5.52. The summed E-state index contributed by atoms with van der Waals surface area (Å²) in [5.41, 5.74) is 0. The van der Waals surface area contributed by atoms with Gasteiger partial charge >= 0.3 is 0 Å². The third-order valence-corrected chi connectivity index (χ3v) is 3.15. The van der Waals surface area contributed by atoms with Crippen molar-refractivity contribution in [2.45, 2.75) is 33.1 Å². The Kier molecular flexibility index (Phi) is 4.64. The molecule has 0 N–H and O–H groups in total. The van der Waals surface area contributed by atoms with Gasteiger partial charge in [-0.25, -0.2) is 0 Å². The molecule has 0 fully saturated rings. The van der Waals surface area contributed by atoms with Crippen molar-refractivity contribution >= 4 is 6.29 Å². The van der Waals surface area contributed by atoms with Gasteiger partial charge in [0.2, 0.25) is 0 Å². The fourth-order valence-corrected chi connectivity index (χ4v) is 2.21. The minimum absolute atomic E-state index is 0.156. The van der Waals surface area contributed by atoms with Crippen LogP contribution in [0.4, 0.5) is 0 Å². The van der Waals surface area contributed by atoms with Crippen molar-refractivity contribution < 1.29 is 4.79 Å². The monoisotopic (exact) mass is 192 g/mol. The topological polar surface area (TPSA) is 17.1 Å². The van der Waals surface area contributed by atoms with Crippen LogP contribution in [0, 0.1) is 17.8 Å². The number of rotatable bonds is 4. The second kappa shape index (κ2) is 5.79. The SMILES string of the molecule is C/C=C/CC(C)C1CCC=CC1C=O. The first kappa shape index (κ1) is 11.2. The first-order chi connectivity index (χ1) is 6.79. The zero-order valence-electron chi connectivity index (χ0n) is 9.15. The summed E-state index contributed by atoms with van der Waals surface area (Å²) in [6.07, 6.45) is 13.0. The van der Waals surface area contributed by atoms with Gasteiger partial charge in [0.25, 0.3) is 0 Å². The maximum atomic E-state index is 10.9. The maximum Gasteiger partial charge on any atom is 0.127 e. The van der Waals surface area contributed by atoms with E-state index in [0.29, 0.717) is 11.8 Å². The second-order valence-corrected chi connectivity index (χ2v) is 4.16. The molecule has 0 aliphatic heterocycles. The maximum absolute atomic E-state index is 10.9. The Morgan fingerprint density at radius 1 is 1.57 bits per heavy atom. The van der Waals surface area contributed by atoms with Crippen molar-refractivity contribution in [2.75, 3.05) is 0 Å². The molecule has 0 aromatic rings. The van der Waals surface area contributed by atoms with Gasteiger partial charge in [-0.3, -0.25) is 0 Å². The van der Waals surface area contributed by atoms with E-state index in [0.717, 1.165) is 19.1 Å². The van der Waals surface area contributed by atoms with Crippen molar-refractivity contribution in [2.24, 2.45) is 17.8 Å². The van der Waals surface area contributed by atoms with Gasteiger partial charge in [0, 0.05) is 5.92 Å². The van der Waals surface area contributed by atoms with Gasteiger partial charge in [-0.2, -0.15) is 0 Å². The molecule has 3 atom stereocenters. The number of aldehydes is 1. The average molecular weight is 192 g/mol. The predicted octanol–water partition coefficient (Wildman–Crippen LogP) is 3.37. The summed E-state index contributed by atoms with van der Waals surface area (Å²) >= 11 is 0. The van der Waals surface area contributed by atoms with Crippen LogP contribution in [0.3, 0.4) is 0 Å². The predicted molar refractivity (Wildman–Crippen MR) is 60.0 cm³/mol. The molecule has 0 radical (unpaired) electrons. The van der Waals surface area contributed by atoms with Crippen molar-refractivity contribution in [3.63, 3.8) is 0 Å². The fourth-order valence-electron chi connectivity index (χ4n) is 2.21. The lowest BCUT2D eigenvalue weighted by Crippen LogP contribution is -2.23. The molecule has 0 spiro atoms. The van der Waals surface area contributed by atoms with Crippen molar-refractivity contribution in [1.82, 2.24) is 0 Å². The molecule has 14 heavy (non-hydrogen) atoms. The van der Waals surface area contributed by atoms with Crippen molar-refractivity contribution in [1.29, 1.82) is 0 Å². The minimum atomic E-state index is 0.156. The van der Waals surface area contributed by atoms with E-state index in [-0.39, 0.29) is 5.92 Å². The Balaban J connectivity index is 2.56. The van der Waals surface area contributed by atoms with Gasteiger partial charge in [0.15, 0.2) is 0 Å². The van der Waals surface area contributed by atoms with Crippen LogP contribution in [0.2, 0.25) is 0 Å². The average Bonchev–Trinajstić information content (AvgIpc) is 2.25. The van der Waals surface area contributed by atoms with E-state index >= 15 is 0 Å². The van der Waals surface area contributed by atoms with E-state index in [1.54, 1.807) is 0 Å². The molecule has 0 bridgehead atoms. The molecule has 0 aromatic carbocycles. The molecule has 3 unspecified atom stereocenters. The van der Waals surface area contributed by atoms with Crippen LogP contribution in [0.25, 0.3) is 0 Å². The summed E-state index contributed by atoms with van der Waals surface area (Å²) in [7, 11) is 0. The largest absolute Gasteiger partial charge is 0.303 e. The molecular weight excluding hydrogens is 172 g/mol. The number of allylic oxidation sites excluding steroid dienone is 4. The minimum Gasteiger partial charge on any atom is -0.303 e. The molecule has 1 aliphatic carbocycles. The Hall–Kier alpha value is -0.850. The van der Waals surface area contributed by atoms with Crippen molar-refractivity contribution in [3.05, 3.63) is 24.3 Å². The van der Waals surface area contributed by atoms with E-state index in [1.807, 2.05) is 6.92 Å². The molecule has 0 heterocycles. The van der Waals surface area contributed by atoms with Crippen LogP contribution in [0.5, 0.6) is 0 Å². The number of carbonyl (C=O) groups excluding carboxylic acids is 1. The van der Waals surface area contributed by atoms with Crippen LogP contribution in [0.1, 0.15) is 33.1 Å². The summed E-state index contributed by atoms with van der Waals surface area (Å²) in [6, 6.07) is 0. The van der Waals surface area contributed by atoms with Gasteiger partial charge in [-0.1, -0.05) is 31.2 Å². The van der Waals surface area contributed by atoms with Gasteiger partial charge in [0.05, 0.1) is 0 Å². The number of carbonyl (C=O) groups is 1. The lowest BCUT2D eigenvalue weighted by molar-refractivity contribution is -0.111. The summed E-state index contributed by atoms with van der Waals surface area (Å²) in [5, 5.41) is 0. The smallest absolute Gasteiger partial charge is 0.127 e. The molecule has 0 saturated carbocycles. The highest BCUT2D eigenvalue weighted by atomic mass is 16.1. The lowest BCUT2D eigenvalue weighted by Gasteiger charge is -2.28. The molecule has 0 saturated heterocycles. The molecule has 78 valence electrons. The van der Waals surface area contributed by atoms with Gasteiger partial charge in [-0.05, 0) is 38.0 Å². The van der Waals surface area contributed by atoms with Crippen LogP contribution in [-0.4, -0.2) is 6.29 Å². The zero-order chi connectivity index (χ0) is 10.4. The van der Waals surface area contributed by atoms with Crippen LogP contribution >= 0.6 is 0 Å². The van der Waals surface area contributed by atoms with Crippen LogP contribution in [0.15, 0.2) is 24.3 Å². The standard InChI is InChI=1S/C13H20O/c1-3-4-7-11(2)13-9-6-5-8-12(13)10-14/h3-5,8,10-13H,6-7,9H2,1-2H3/b4-3+. The summed E-state index contributed by atoms with van der Waals surface area (Å²) in [6.45, 7) is 4.30. The van der Waals surface area contributed by atoms with Gasteiger partial charge < -0.3 is 4.79 Å². The molecule has 1 nitrogen and oxygen atoms in total. The third-order valence-electron chi connectivity index (χ3n) is 3.15. The van der Waals surface area contributed by atoms with Crippen molar-refractivity contribution in [3.8, 4) is 0 Å². The lowest BCUT2D eigenvalue weighted by atomic mass is 9.76.